The van der Waals surface area contributed by atoms with Crippen LogP contribution < -0.4 is 9.47 Å². The van der Waals surface area contributed by atoms with Gasteiger partial charge in [-0.1, -0.05) is 12.1 Å². The van der Waals surface area contributed by atoms with Gasteiger partial charge in [0.1, 0.15) is 11.5 Å². The van der Waals surface area contributed by atoms with E-state index in [2.05, 4.69) is 0 Å². The molecule has 0 spiro atoms. The number of ketones is 1. The lowest BCUT2D eigenvalue weighted by Crippen LogP contribution is -2.08. The summed E-state index contributed by atoms with van der Waals surface area (Å²) in [5.41, 5.74) is 0.870. The van der Waals surface area contributed by atoms with Crippen molar-refractivity contribution in [3.05, 3.63) is 59.7 Å². The number of hydrogen-bond acceptors (Lipinski definition) is 4. The monoisotopic (exact) mass is 284 g/mol. The van der Waals surface area contributed by atoms with Crippen molar-refractivity contribution < 1.29 is 19.1 Å². The summed E-state index contributed by atoms with van der Waals surface area (Å²) in [6.07, 6.45) is 0. The van der Waals surface area contributed by atoms with E-state index in [1.807, 2.05) is 6.92 Å². The standard InChI is InChI=1S/C17H16O4/c1-3-20-14-10-8-13(9-11-14)17(19)15-6-4-5-7-16(15)21-12(2)18/h4-11H,3H2,1-2H3. The molecular weight excluding hydrogens is 268 g/mol. The molecule has 0 fully saturated rings. The lowest BCUT2D eigenvalue weighted by atomic mass is 10.0. The van der Waals surface area contributed by atoms with Crippen molar-refractivity contribution in [2.24, 2.45) is 0 Å². The van der Waals surface area contributed by atoms with Gasteiger partial charge in [0.25, 0.3) is 0 Å². The SMILES string of the molecule is CCOc1ccc(C(=O)c2ccccc2OC(C)=O)cc1. The van der Waals surface area contributed by atoms with E-state index in [4.69, 9.17) is 9.47 Å². The van der Waals surface area contributed by atoms with Gasteiger partial charge in [0.15, 0.2) is 5.78 Å². The fourth-order valence-corrected chi connectivity index (χ4v) is 1.92. The molecule has 0 aliphatic carbocycles. The molecule has 0 N–H and O–H groups in total. The van der Waals surface area contributed by atoms with Crippen LogP contribution in [0, 0.1) is 0 Å². The maximum absolute atomic E-state index is 12.5. The quantitative estimate of drug-likeness (QED) is 0.480. The summed E-state index contributed by atoms with van der Waals surface area (Å²) in [6, 6.07) is 13.5. The lowest BCUT2D eigenvalue weighted by Gasteiger charge is -2.08. The Hall–Kier alpha value is -2.62. The van der Waals surface area contributed by atoms with Gasteiger partial charge in [-0.25, -0.2) is 0 Å². The molecule has 0 aliphatic heterocycles. The second-order valence-corrected chi connectivity index (χ2v) is 4.38. The number of carbonyl (C=O) groups excluding carboxylic acids is 2. The average molecular weight is 284 g/mol. The summed E-state index contributed by atoms with van der Waals surface area (Å²) in [4.78, 5) is 23.6. The second kappa shape index (κ2) is 6.70. The van der Waals surface area contributed by atoms with Crippen LogP contribution in [-0.4, -0.2) is 18.4 Å². The molecule has 4 heteroatoms. The molecule has 0 atom stereocenters. The van der Waals surface area contributed by atoms with Crippen LogP contribution in [-0.2, 0) is 4.79 Å². The maximum atomic E-state index is 12.5. The van der Waals surface area contributed by atoms with Crippen molar-refractivity contribution in [3.63, 3.8) is 0 Å². The van der Waals surface area contributed by atoms with Crippen molar-refractivity contribution in [2.75, 3.05) is 6.61 Å². The predicted octanol–water partition coefficient (Wildman–Crippen LogP) is 3.24. The zero-order valence-corrected chi connectivity index (χ0v) is 12.0. The minimum atomic E-state index is -0.457. The van der Waals surface area contributed by atoms with E-state index in [9.17, 15) is 9.59 Å². The van der Waals surface area contributed by atoms with Gasteiger partial charge in [0, 0.05) is 12.5 Å². The van der Waals surface area contributed by atoms with Crippen LogP contribution in [0.2, 0.25) is 0 Å². The molecule has 108 valence electrons. The van der Waals surface area contributed by atoms with Crippen molar-refractivity contribution in [1.29, 1.82) is 0 Å². The summed E-state index contributed by atoms with van der Waals surface area (Å²) >= 11 is 0. The Morgan fingerprint density at radius 2 is 1.67 bits per heavy atom. The summed E-state index contributed by atoms with van der Waals surface area (Å²) < 4.78 is 10.4. The molecule has 21 heavy (non-hydrogen) atoms. The minimum Gasteiger partial charge on any atom is -0.494 e. The molecule has 0 saturated heterocycles. The van der Waals surface area contributed by atoms with E-state index in [1.54, 1.807) is 48.5 Å². The highest BCUT2D eigenvalue weighted by atomic mass is 16.5. The van der Waals surface area contributed by atoms with E-state index in [-0.39, 0.29) is 11.5 Å². The third kappa shape index (κ3) is 3.69. The number of esters is 1. The van der Waals surface area contributed by atoms with Crippen molar-refractivity contribution in [2.45, 2.75) is 13.8 Å². The molecule has 0 bridgehead atoms. The van der Waals surface area contributed by atoms with Crippen LogP contribution in [0.15, 0.2) is 48.5 Å². The largest absolute Gasteiger partial charge is 0.494 e. The first kappa shape index (κ1) is 14.8. The van der Waals surface area contributed by atoms with Crippen molar-refractivity contribution in [1.82, 2.24) is 0 Å². The van der Waals surface area contributed by atoms with Gasteiger partial charge in [-0.15, -0.1) is 0 Å². The van der Waals surface area contributed by atoms with E-state index >= 15 is 0 Å². The van der Waals surface area contributed by atoms with Gasteiger partial charge in [-0.3, -0.25) is 9.59 Å². The van der Waals surface area contributed by atoms with Crippen LogP contribution in [0.1, 0.15) is 29.8 Å². The Bertz CT molecular complexity index is 644. The highest BCUT2D eigenvalue weighted by molar-refractivity contribution is 6.11. The van der Waals surface area contributed by atoms with Crippen LogP contribution in [0.4, 0.5) is 0 Å². The minimum absolute atomic E-state index is 0.199. The van der Waals surface area contributed by atoms with Crippen LogP contribution >= 0.6 is 0 Å². The topological polar surface area (TPSA) is 52.6 Å². The molecule has 0 aromatic heterocycles. The Labute approximate surface area is 123 Å². The summed E-state index contributed by atoms with van der Waals surface area (Å²) in [5.74, 6) is 0.322. The average Bonchev–Trinajstić information content (AvgIpc) is 2.48. The van der Waals surface area contributed by atoms with Gasteiger partial charge in [-0.05, 0) is 43.3 Å². The van der Waals surface area contributed by atoms with E-state index in [0.717, 1.165) is 0 Å². The Kier molecular flexibility index (Phi) is 4.72. The van der Waals surface area contributed by atoms with Crippen molar-refractivity contribution >= 4 is 11.8 Å². The molecule has 2 rings (SSSR count). The fraction of sp³-hybridized carbons (Fsp3) is 0.176. The summed E-state index contributed by atoms with van der Waals surface area (Å²) in [5, 5.41) is 0. The van der Waals surface area contributed by atoms with Gasteiger partial charge >= 0.3 is 5.97 Å². The number of ether oxygens (including phenoxy) is 2. The molecule has 0 aliphatic rings. The van der Waals surface area contributed by atoms with Crippen molar-refractivity contribution in [3.8, 4) is 11.5 Å². The zero-order valence-electron chi connectivity index (χ0n) is 12.0. The molecule has 0 radical (unpaired) electrons. The Balaban J connectivity index is 2.29. The fourth-order valence-electron chi connectivity index (χ4n) is 1.92. The Morgan fingerprint density at radius 1 is 1.00 bits per heavy atom. The summed E-state index contributed by atoms with van der Waals surface area (Å²) in [7, 11) is 0. The predicted molar refractivity (Wildman–Crippen MR) is 78.8 cm³/mol. The Morgan fingerprint density at radius 3 is 2.29 bits per heavy atom. The van der Waals surface area contributed by atoms with E-state index < -0.39 is 5.97 Å². The first-order valence-electron chi connectivity index (χ1n) is 6.67. The third-order valence-corrected chi connectivity index (χ3v) is 2.81. The number of carbonyl (C=O) groups is 2. The van der Waals surface area contributed by atoms with Gasteiger partial charge in [0.05, 0.1) is 12.2 Å². The van der Waals surface area contributed by atoms with Gasteiger partial charge in [-0.2, -0.15) is 0 Å². The van der Waals surface area contributed by atoms with Gasteiger partial charge in [0.2, 0.25) is 0 Å². The number of benzene rings is 2. The first-order chi connectivity index (χ1) is 10.1. The zero-order chi connectivity index (χ0) is 15.2. The molecule has 0 amide bonds. The molecule has 0 heterocycles. The van der Waals surface area contributed by atoms with Gasteiger partial charge < -0.3 is 9.47 Å². The lowest BCUT2D eigenvalue weighted by molar-refractivity contribution is -0.131. The molecule has 2 aromatic carbocycles. The third-order valence-electron chi connectivity index (χ3n) is 2.81. The maximum Gasteiger partial charge on any atom is 0.308 e. The molecule has 0 saturated carbocycles. The summed E-state index contributed by atoms with van der Waals surface area (Å²) in [6.45, 7) is 3.77. The smallest absolute Gasteiger partial charge is 0.308 e. The number of hydrogen-bond donors (Lipinski definition) is 0. The molecular formula is C17H16O4. The van der Waals surface area contributed by atoms with Crippen LogP contribution in [0.25, 0.3) is 0 Å². The highest BCUT2D eigenvalue weighted by Crippen LogP contribution is 2.23. The number of rotatable bonds is 5. The normalized spacial score (nSPS) is 10.0. The highest BCUT2D eigenvalue weighted by Gasteiger charge is 2.15. The van der Waals surface area contributed by atoms with E-state index in [0.29, 0.717) is 23.5 Å². The number of para-hydroxylation sites is 1. The van der Waals surface area contributed by atoms with E-state index in [1.165, 1.54) is 6.92 Å². The second-order valence-electron chi connectivity index (χ2n) is 4.38. The molecule has 0 unspecified atom stereocenters. The van der Waals surface area contributed by atoms with Crippen LogP contribution in [0.5, 0.6) is 11.5 Å². The van der Waals surface area contributed by atoms with Crippen LogP contribution in [0.3, 0.4) is 0 Å². The first-order valence-corrected chi connectivity index (χ1v) is 6.67. The molecule has 2 aromatic rings. The molecule has 4 nitrogen and oxygen atoms in total.